The third kappa shape index (κ3) is 4.51. The minimum absolute atomic E-state index is 0.323. The molecule has 0 aliphatic heterocycles. The number of amides is 1. The molecule has 1 amide bonds. The molecular weight excluding hydrogens is 383 g/mol. The molecule has 0 saturated carbocycles. The van der Waals surface area contributed by atoms with E-state index in [1.54, 1.807) is 18.3 Å². The number of carbonyl (C=O) groups excluding carboxylic acids is 1. The van der Waals surface area contributed by atoms with E-state index in [9.17, 15) is 4.79 Å². The molecule has 0 saturated heterocycles. The third-order valence-corrected chi connectivity index (χ3v) is 4.71. The van der Waals surface area contributed by atoms with Gasteiger partial charge >= 0.3 is 0 Å². The van der Waals surface area contributed by atoms with E-state index in [-0.39, 0.29) is 5.91 Å². The van der Waals surface area contributed by atoms with Crippen molar-refractivity contribution in [3.05, 3.63) is 82.1 Å². The summed E-state index contributed by atoms with van der Waals surface area (Å²) < 4.78 is 1.98. The highest BCUT2D eigenvalue weighted by Crippen LogP contribution is 2.22. The van der Waals surface area contributed by atoms with Crippen molar-refractivity contribution in [3.63, 3.8) is 0 Å². The van der Waals surface area contributed by atoms with E-state index in [0.29, 0.717) is 15.6 Å². The van der Waals surface area contributed by atoms with E-state index in [1.807, 2.05) is 66.2 Å². The molecule has 0 aliphatic rings. The summed E-state index contributed by atoms with van der Waals surface area (Å²) in [5.74, 6) is -0.363. The molecule has 0 aliphatic carbocycles. The maximum Gasteiger partial charge on any atom is 0.271 e. The Balaban J connectivity index is 1.72. The lowest BCUT2D eigenvalue weighted by Gasteiger charge is -2.13. The van der Waals surface area contributed by atoms with Gasteiger partial charge < -0.3 is 9.47 Å². The monoisotopic (exact) mass is 400 g/mol. The van der Waals surface area contributed by atoms with Crippen molar-refractivity contribution >= 4 is 41.0 Å². The zero-order valence-corrected chi connectivity index (χ0v) is 16.4. The number of nitrogens with zero attached hydrogens (tertiary/aromatic N) is 3. The number of carbonyl (C=O) groups is 1. The van der Waals surface area contributed by atoms with Crippen LogP contribution in [0.1, 0.15) is 16.1 Å². The van der Waals surface area contributed by atoms with Gasteiger partial charge in [-0.05, 0) is 54.6 Å². The number of hydrogen-bond acceptors (Lipinski definition) is 3. The van der Waals surface area contributed by atoms with Gasteiger partial charge in [-0.1, -0.05) is 23.2 Å². The number of nitrogens with one attached hydrogen (secondary N) is 1. The average molecular weight is 401 g/mol. The van der Waals surface area contributed by atoms with E-state index < -0.39 is 0 Å². The Hall–Kier alpha value is -2.76. The zero-order chi connectivity index (χ0) is 19.4. The van der Waals surface area contributed by atoms with Gasteiger partial charge in [0.05, 0.1) is 22.0 Å². The lowest BCUT2D eigenvalue weighted by Crippen LogP contribution is -2.17. The molecule has 5 nitrogen and oxygen atoms in total. The van der Waals surface area contributed by atoms with Gasteiger partial charge in [-0.2, -0.15) is 5.10 Å². The fourth-order valence-electron chi connectivity index (χ4n) is 2.50. The molecule has 0 radical (unpaired) electrons. The molecule has 1 aromatic heterocycles. The number of hydrogen-bond donors (Lipinski definition) is 1. The van der Waals surface area contributed by atoms with Crippen molar-refractivity contribution in [1.82, 2.24) is 9.99 Å². The van der Waals surface area contributed by atoms with E-state index >= 15 is 0 Å². The molecule has 3 aromatic rings. The Labute approximate surface area is 167 Å². The highest BCUT2D eigenvalue weighted by molar-refractivity contribution is 6.42. The van der Waals surface area contributed by atoms with Crippen molar-refractivity contribution in [1.29, 1.82) is 0 Å². The Bertz CT molecular complexity index is 978. The van der Waals surface area contributed by atoms with E-state index in [0.717, 1.165) is 17.1 Å². The number of rotatable bonds is 5. The van der Waals surface area contributed by atoms with E-state index in [1.165, 1.54) is 6.07 Å². The fraction of sp³-hybridized carbons (Fsp3) is 0.100. The van der Waals surface area contributed by atoms with Gasteiger partial charge in [-0.15, -0.1) is 0 Å². The maximum atomic E-state index is 12.2. The second kappa shape index (κ2) is 8.29. The van der Waals surface area contributed by atoms with Crippen LogP contribution < -0.4 is 10.3 Å². The van der Waals surface area contributed by atoms with Crippen LogP contribution in [0.2, 0.25) is 10.0 Å². The smallest absolute Gasteiger partial charge is 0.271 e. The summed E-state index contributed by atoms with van der Waals surface area (Å²) in [5.41, 5.74) is 5.84. The summed E-state index contributed by atoms with van der Waals surface area (Å²) in [6, 6.07) is 16.6. The molecule has 0 fully saturated rings. The van der Waals surface area contributed by atoms with Gasteiger partial charge in [0.25, 0.3) is 5.91 Å². The second-order valence-electron chi connectivity index (χ2n) is 6.04. The quantitative estimate of drug-likeness (QED) is 0.501. The summed E-state index contributed by atoms with van der Waals surface area (Å²) in [4.78, 5) is 14.2. The predicted octanol–water partition coefficient (Wildman–Crippen LogP) is 4.61. The second-order valence-corrected chi connectivity index (χ2v) is 6.86. The average Bonchev–Trinajstić information content (AvgIpc) is 3.12. The van der Waals surface area contributed by atoms with E-state index in [4.69, 9.17) is 23.2 Å². The van der Waals surface area contributed by atoms with Gasteiger partial charge in [-0.25, -0.2) is 5.43 Å². The van der Waals surface area contributed by atoms with Gasteiger partial charge in [-0.3, -0.25) is 4.79 Å². The number of anilines is 1. The summed E-state index contributed by atoms with van der Waals surface area (Å²) in [5, 5.41) is 4.77. The molecule has 27 heavy (non-hydrogen) atoms. The number of aromatic nitrogens is 1. The molecule has 0 spiro atoms. The Morgan fingerprint density at radius 3 is 2.48 bits per heavy atom. The van der Waals surface area contributed by atoms with Crippen molar-refractivity contribution in [2.45, 2.75) is 0 Å². The summed E-state index contributed by atoms with van der Waals surface area (Å²) in [6.07, 6.45) is 3.53. The molecule has 7 heteroatoms. The van der Waals surface area contributed by atoms with Crippen molar-refractivity contribution in [2.75, 3.05) is 19.0 Å². The van der Waals surface area contributed by atoms with Crippen LogP contribution in [-0.4, -0.2) is 30.8 Å². The summed E-state index contributed by atoms with van der Waals surface area (Å²) in [7, 11) is 4.00. The van der Waals surface area contributed by atoms with Crippen LogP contribution in [0.15, 0.2) is 65.9 Å². The summed E-state index contributed by atoms with van der Waals surface area (Å²) >= 11 is 11.8. The van der Waals surface area contributed by atoms with Crippen LogP contribution in [0.3, 0.4) is 0 Å². The lowest BCUT2D eigenvalue weighted by atomic mass is 10.2. The number of halogens is 2. The molecule has 0 unspecified atom stereocenters. The molecule has 1 N–H and O–H groups in total. The minimum atomic E-state index is -0.363. The maximum absolute atomic E-state index is 12.2. The van der Waals surface area contributed by atoms with Gasteiger partial charge in [0.1, 0.15) is 0 Å². The van der Waals surface area contributed by atoms with Crippen LogP contribution in [0.4, 0.5) is 5.69 Å². The van der Waals surface area contributed by atoms with Crippen molar-refractivity contribution < 1.29 is 4.79 Å². The summed E-state index contributed by atoms with van der Waals surface area (Å²) in [6.45, 7) is 0. The Morgan fingerprint density at radius 1 is 1.07 bits per heavy atom. The largest absolute Gasteiger partial charge is 0.378 e. The molecule has 1 heterocycles. The molecular formula is C20H18Cl2N4O. The van der Waals surface area contributed by atoms with Crippen molar-refractivity contribution in [3.8, 4) is 5.69 Å². The molecule has 0 bridgehead atoms. The Morgan fingerprint density at radius 2 is 1.81 bits per heavy atom. The number of benzene rings is 2. The topological polar surface area (TPSA) is 49.6 Å². The van der Waals surface area contributed by atoms with E-state index in [2.05, 4.69) is 10.5 Å². The van der Waals surface area contributed by atoms with Crippen LogP contribution in [0, 0.1) is 0 Å². The van der Waals surface area contributed by atoms with Crippen LogP contribution >= 0.6 is 23.2 Å². The lowest BCUT2D eigenvalue weighted by molar-refractivity contribution is 0.0955. The molecule has 3 rings (SSSR count). The molecule has 0 atom stereocenters. The molecule has 2 aromatic carbocycles. The first-order chi connectivity index (χ1) is 13.0. The highest BCUT2D eigenvalue weighted by atomic mass is 35.5. The number of hydrazone groups is 1. The minimum Gasteiger partial charge on any atom is -0.378 e. The highest BCUT2D eigenvalue weighted by Gasteiger charge is 2.07. The zero-order valence-electron chi connectivity index (χ0n) is 14.9. The van der Waals surface area contributed by atoms with Crippen LogP contribution in [0.5, 0.6) is 0 Å². The normalized spacial score (nSPS) is 11.0. The molecule has 138 valence electrons. The Kier molecular flexibility index (Phi) is 5.84. The SMILES string of the molecule is CN(C)c1ccc(-n2cccc2/C=N\NC(=O)c2ccc(Cl)c(Cl)c2)cc1. The van der Waals surface area contributed by atoms with Gasteiger partial charge in [0, 0.05) is 37.2 Å². The van der Waals surface area contributed by atoms with Gasteiger partial charge in [0.2, 0.25) is 0 Å². The first-order valence-electron chi connectivity index (χ1n) is 8.19. The van der Waals surface area contributed by atoms with Crippen LogP contribution in [0.25, 0.3) is 5.69 Å². The fourth-order valence-corrected chi connectivity index (χ4v) is 2.80. The third-order valence-electron chi connectivity index (χ3n) is 3.97. The predicted molar refractivity (Wildman–Crippen MR) is 112 cm³/mol. The standard InChI is InChI=1S/C20H18Cl2N4O/c1-25(2)15-6-8-16(9-7-15)26-11-3-4-17(26)13-23-24-20(27)14-5-10-18(21)19(22)12-14/h3-13H,1-2H3,(H,24,27)/b23-13-. The van der Waals surface area contributed by atoms with Gasteiger partial charge in [0.15, 0.2) is 0 Å². The first-order valence-corrected chi connectivity index (χ1v) is 8.95. The van der Waals surface area contributed by atoms with Crippen molar-refractivity contribution in [2.24, 2.45) is 5.10 Å². The van der Waals surface area contributed by atoms with Crippen LogP contribution in [-0.2, 0) is 0 Å². The first kappa shape index (κ1) is 19.0.